The standard InChI is InChI=1S/C17H33NO6/c19-14-17(15-20,18(23)24)13-11-9-7-5-3-1-2-4-6-8-10-12-16(21)22/h19-20H,1-15H2,(H,21,22). The summed E-state index contributed by atoms with van der Waals surface area (Å²) in [6.45, 7) is -1.24. The topological polar surface area (TPSA) is 121 Å². The molecule has 0 heterocycles. The Labute approximate surface area is 144 Å². The molecule has 0 aromatic rings. The Balaban J connectivity index is 3.42. The molecule has 0 saturated heterocycles. The smallest absolute Gasteiger partial charge is 0.303 e. The van der Waals surface area contributed by atoms with Crippen LogP contribution in [0, 0.1) is 10.1 Å². The zero-order valence-electron chi connectivity index (χ0n) is 14.6. The normalized spacial score (nSPS) is 11.6. The molecule has 0 radical (unpaired) electrons. The fourth-order valence-corrected chi connectivity index (χ4v) is 2.74. The van der Waals surface area contributed by atoms with Crippen LogP contribution < -0.4 is 0 Å². The third-order valence-corrected chi connectivity index (χ3v) is 4.51. The van der Waals surface area contributed by atoms with Gasteiger partial charge in [0.1, 0.15) is 13.2 Å². The van der Waals surface area contributed by atoms with E-state index in [-0.39, 0.29) is 12.8 Å². The maximum atomic E-state index is 10.9. The number of nitrogens with zero attached hydrogens (tertiary/aromatic N) is 1. The average molecular weight is 347 g/mol. The second kappa shape index (κ2) is 14.2. The van der Waals surface area contributed by atoms with Crippen molar-refractivity contribution in [3.63, 3.8) is 0 Å². The first-order chi connectivity index (χ1) is 11.5. The molecule has 0 fully saturated rings. The van der Waals surface area contributed by atoms with E-state index >= 15 is 0 Å². The molecule has 0 spiro atoms. The van der Waals surface area contributed by atoms with Crippen LogP contribution in [0.15, 0.2) is 0 Å². The SMILES string of the molecule is O=C(O)CCCCCCCCCCCCCC(CO)(CO)[N+](=O)[O-]. The van der Waals surface area contributed by atoms with E-state index in [9.17, 15) is 14.9 Å². The van der Waals surface area contributed by atoms with E-state index in [2.05, 4.69) is 0 Å². The maximum absolute atomic E-state index is 10.9. The van der Waals surface area contributed by atoms with E-state index in [1.54, 1.807) is 0 Å². The molecule has 142 valence electrons. The van der Waals surface area contributed by atoms with Crippen molar-refractivity contribution in [2.75, 3.05) is 13.2 Å². The number of nitro groups is 1. The lowest BCUT2D eigenvalue weighted by atomic mass is 9.94. The molecular weight excluding hydrogens is 314 g/mol. The highest BCUT2D eigenvalue weighted by Crippen LogP contribution is 2.19. The monoisotopic (exact) mass is 347 g/mol. The van der Waals surface area contributed by atoms with Crippen molar-refractivity contribution in [1.82, 2.24) is 0 Å². The van der Waals surface area contributed by atoms with Crippen LogP contribution in [0.5, 0.6) is 0 Å². The predicted molar refractivity (Wildman–Crippen MR) is 91.6 cm³/mol. The Bertz CT molecular complexity index is 344. The molecule has 7 nitrogen and oxygen atoms in total. The van der Waals surface area contributed by atoms with Gasteiger partial charge in [-0.25, -0.2) is 0 Å². The average Bonchev–Trinajstić information content (AvgIpc) is 2.55. The van der Waals surface area contributed by atoms with Gasteiger partial charge in [-0.3, -0.25) is 14.9 Å². The Morgan fingerprint density at radius 1 is 0.792 bits per heavy atom. The molecule has 0 aliphatic heterocycles. The van der Waals surface area contributed by atoms with Crippen LogP contribution in [-0.2, 0) is 4.79 Å². The second-order valence-electron chi connectivity index (χ2n) is 6.58. The molecule has 0 rings (SSSR count). The van der Waals surface area contributed by atoms with Gasteiger partial charge in [-0.2, -0.15) is 0 Å². The molecule has 24 heavy (non-hydrogen) atoms. The lowest BCUT2D eigenvalue weighted by Crippen LogP contribution is -2.45. The van der Waals surface area contributed by atoms with Crippen molar-refractivity contribution in [1.29, 1.82) is 0 Å². The quantitative estimate of drug-likeness (QED) is 0.211. The third kappa shape index (κ3) is 10.5. The predicted octanol–water partition coefficient (Wildman–Crippen LogP) is 3.14. The number of carboxylic acids is 1. The first-order valence-corrected chi connectivity index (χ1v) is 9.06. The van der Waals surface area contributed by atoms with Crippen molar-refractivity contribution in [3.8, 4) is 0 Å². The summed E-state index contributed by atoms with van der Waals surface area (Å²) in [7, 11) is 0. The van der Waals surface area contributed by atoms with Gasteiger partial charge >= 0.3 is 5.97 Å². The molecule has 7 heteroatoms. The van der Waals surface area contributed by atoms with Crippen LogP contribution in [-0.4, -0.2) is 45.0 Å². The molecule has 0 aliphatic carbocycles. The van der Waals surface area contributed by atoms with Gasteiger partial charge in [0.05, 0.1) is 0 Å². The van der Waals surface area contributed by atoms with Crippen LogP contribution in [0.25, 0.3) is 0 Å². The Morgan fingerprint density at radius 2 is 1.17 bits per heavy atom. The molecular formula is C17H33NO6. The zero-order chi connectivity index (χ0) is 18.3. The van der Waals surface area contributed by atoms with Gasteiger partial charge < -0.3 is 15.3 Å². The first-order valence-electron chi connectivity index (χ1n) is 9.06. The summed E-state index contributed by atoms with van der Waals surface area (Å²) in [4.78, 5) is 20.7. The van der Waals surface area contributed by atoms with Crippen LogP contribution in [0.3, 0.4) is 0 Å². The number of aliphatic hydroxyl groups is 2. The number of carboxylic acid groups (broad SMARTS) is 1. The largest absolute Gasteiger partial charge is 0.481 e. The first kappa shape index (κ1) is 22.8. The van der Waals surface area contributed by atoms with Crippen LogP contribution in [0.2, 0.25) is 0 Å². The van der Waals surface area contributed by atoms with Crippen LogP contribution in [0.1, 0.15) is 83.5 Å². The number of rotatable bonds is 17. The number of aliphatic hydroxyl groups excluding tert-OH is 2. The fourth-order valence-electron chi connectivity index (χ4n) is 2.74. The summed E-state index contributed by atoms with van der Waals surface area (Å²) >= 11 is 0. The lowest BCUT2D eigenvalue weighted by Gasteiger charge is -2.20. The number of unbranched alkanes of at least 4 members (excludes halogenated alkanes) is 10. The summed E-state index contributed by atoms with van der Waals surface area (Å²) in [6, 6.07) is 0. The minimum absolute atomic E-state index is 0.212. The van der Waals surface area contributed by atoms with Crippen molar-refractivity contribution in [3.05, 3.63) is 10.1 Å². The van der Waals surface area contributed by atoms with E-state index in [0.29, 0.717) is 6.42 Å². The minimum Gasteiger partial charge on any atom is -0.481 e. The van der Waals surface area contributed by atoms with Crippen molar-refractivity contribution >= 4 is 5.97 Å². The van der Waals surface area contributed by atoms with E-state index < -0.39 is 29.6 Å². The van der Waals surface area contributed by atoms with E-state index in [1.807, 2.05) is 0 Å². The van der Waals surface area contributed by atoms with Crippen molar-refractivity contribution in [2.45, 2.75) is 89.0 Å². The highest BCUT2D eigenvalue weighted by Gasteiger charge is 2.40. The fraction of sp³-hybridized carbons (Fsp3) is 0.941. The molecule has 3 N–H and O–H groups in total. The van der Waals surface area contributed by atoms with Gasteiger partial charge in [0.15, 0.2) is 0 Å². The Morgan fingerprint density at radius 3 is 1.50 bits per heavy atom. The van der Waals surface area contributed by atoms with E-state index in [4.69, 9.17) is 15.3 Å². The van der Waals surface area contributed by atoms with Gasteiger partial charge in [-0.05, 0) is 12.8 Å². The van der Waals surface area contributed by atoms with Crippen molar-refractivity contribution < 1.29 is 25.0 Å². The summed E-state index contributed by atoms with van der Waals surface area (Å²) in [5.74, 6) is -0.719. The van der Waals surface area contributed by atoms with Crippen LogP contribution >= 0.6 is 0 Å². The summed E-state index contributed by atoms with van der Waals surface area (Å²) < 4.78 is 0. The highest BCUT2D eigenvalue weighted by atomic mass is 16.6. The van der Waals surface area contributed by atoms with Crippen LogP contribution in [0.4, 0.5) is 0 Å². The number of hydrogen-bond acceptors (Lipinski definition) is 5. The molecule has 0 unspecified atom stereocenters. The number of hydrogen-bond donors (Lipinski definition) is 3. The Hall–Kier alpha value is -1.21. The zero-order valence-corrected chi connectivity index (χ0v) is 14.6. The van der Waals surface area contributed by atoms with E-state index in [0.717, 1.165) is 51.4 Å². The molecule has 0 bridgehead atoms. The van der Waals surface area contributed by atoms with Gasteiger partial charge in [0.2, 0.25) is 0 Å². The summed E-state index contributed by atoms with van der Waals surface area (Å²) in [5, 5.41) is 37.7. The Kier molecular flexibility index (Phi) is 13.4. The summed E-state index contributed by atoms with van der Waals surface area (Å²) in [6.07, 6.45) is 11.6. The second-order valence-corrected chi connectivity index (χ2v) is 6.58. The van der Waals surface area contributed by atoms with Gasteiger partial charge in [0.25, 0.3) is 5.54 Å². The minimum atomic E-state index is -1.58. The number of aliphatic carboxylic acids is 1. The molecule has 0 aromatic heterocycles. The molecule has 0 aromatic carbocycles. The van der Waals surface area contributed by atoms with Gasteiger partial charge in [-0.1, -0.05) is 57.8 Å². The molecule has 0 amide bonds. The molecule has 0 atom stereocenters. The lowest BCUT2D eigenvalue weighted by molar-refractivity contribution is -0.578. The van der Waals surface area contributed by atoms with Gasteiger partial charge in [0, 0.05) is 17.8 Å². The number of carbonyl (C=O) groups is 1. The molecule has 0 aliphatic rings. The van der Waals surface area contributed by atoms with Gasteiger partial charge in [-0.15, -0.1) is 0 Å². The van der Waals surface area contributed by atoms with Crippen molar-refractivity contribution in [2.24, 2.45) is 0 Å². The van der Waals surface area contributed by atoms with E-state index in [1.165, 1.54) is 12.8 Å². The maximum Gasteiger partial charge on any atom is 0.303 e. The summed E-state index contributed by atoms with van der Waals surface area (Å²) in [5.41, 5.74) is -1.58. The highest BCUT2D eigenvalue weighted by molar-refractivity contribution is 5.66. The molecule has 0 saturated carbocycles. The third-order valence-electron chi connectivity index (χ3n) is 4.51.